The van der Waals surface area contributed by atoms with E-state index in [1.807, 2.05) is 52.1 Å². The van der Waals surface area contributed by atoms with Gasteiger partial charge in [0.15, 0.2) is 4.96 Å². The number of likely N-dealkylation sites (tertiary alicyclic amines) is 1. The molecule has 1 aliphatic heterocycles. The van der Waals surface area contributed by atoms with Gasteiger partial charge in [-0.05, 0) is 37.8 Å². The highest BCUT2D eigenvalue weighted by atomic mass is 32.1. The van der Waals surface area contributed by atoms with Gasteiger partial charge in [-0.1, -0.05) is 19.1 Å². The Morgan fingerprint density at radius 3 is 2.61 bits per heavy atom. The van der Waals surface area contributed by atoms with Crippen molar-refractivity contribution < 1.29 is 9.59 Å². The summed E-state index contributed by atoms with van der Waals surface area (Å²) in [5.74, 6) is 0.113. The Kier molecular flexibility index (Phi) is 5.43. The van der Waals surface area contributed by atoms with Crippen molar-refractivity contribution in [3.05, 3.63) is 41.5 Å². The van der Waals surface area contributed by atoms with E-state index in [0.717, 1.165) is 54.3 Å². The zero-order valence-electron chi connectivity index (χ0n) is 16.0. The first-order valence-corrected chi connectivity index (χ1v) is 10.7. The maximum atomic E-state index is 12.9. The van der Waals surface area contributed by atoms with E-state index in [9.17, 15) is 9.59 Å². The number of thiazole rings is 1. The molecule has 0 spiro atoms. The van der Waals surface area contributed by atoms with Gasteiger partial charge in [-0.25, -0.2) is 4.98 Å². The highest BCUT2D eigenvalue weighted by Gasteiger charge is 2.22. The molecule has 7 heteroatoms. The number of rotatable bonds is 5. The fourth-order valence-electron chi connectivity index (χ4n) is 3.51. The molecule has 6 nitrogen and oxygen atoms in total. The molecule has 0 bridgehead atoms. The van der Waals surface area contributed by atoms with E-state index in [1.165, 1.54) is 17.8 Å². The second-order valence-corrected chi connectivity index (χ2v) is 7.96. The lowest BCUT2D eigenvalue weighted by molar-refractivity contribution is -0.116. The molecule has 3 heterocycles. The van der Waals surface area contributed by atoms with Gasteiger partial charge in [-0.15, -0.1) is 11.3 Å². The van der Waals surface area contributed by atoms with E-state index in [2.05, 4.69) is 10.3 Å². The zero-order chi connectivity index (χ0) is 19.5. The van der Waals surface area contributed by atoms with Crippen LogP contribution < -0.4 is 5.32 Å². The van der Waals surface area contributed by atoms with Crippen LogP contribution in [0.2, 0.25) is 0 Å². The predicted octanol–water partition coefficient (Wildman–Crippen LogP) is 4.43. The summed E-state index contributed by atoms with van der Waals surface area (Å²) in [4.78, 5) is 32.0. The van der Waals surface area contributed by atoms with Gasteiger partial charge in [0.1, 0.15) is 5.69 Å². The molecule has 1 aliphatic rings. The van der Waals surface area contributed by atoms with Crippen molar-refractivity contribution in [2.75, 3.05) is 18.4 Å². The number of nitrogens with zero attached hydrogens (tertiary/aromatic N) is 3. The normalized spacial score (nSPS) is 14.4. The molecule has 1 fully saturated rings. The van der Waals surface area contributed by atoms with Crippen molar-refractivity contribution in [1.29, 1.82) is 0 Å². The van der Waals surface area contributed by atoms with Crippen LogP contribution in [0.5, 0.6) is 0 Å². The van der Waals surface area contributed by atoms with Gasteiger partial charge in [-0.3, -0.25) is 14.0 Å². The first-order chi connectivity index (χ1) is 13.7. The molecule has 1 saturated heterocycles. The quantitative estimate of drug-likeness (QED) is 0.694. The van der Waals surface area contributed by atoms with Crippen molar-refractivity contribution in [3.63, 3.8) is 0 Å². The number of nitrogens with one attached hydrogen (secondary N) is 1. The Morgan fingerprint density at radius 2 is 1.89 bits per heavy atom. The third kappa shape index (κ3) is 3.80. The number of carbonyl (C=O) groups excluding carboxylic acids is 2. The summed E-state index contributed by atoms with van der Waals surface area (Å²) in [6.45, 7) is 3.66. The second kappa shape index (κ2) is 8.14. The van der Waals surface area contributed by atoms with Crippen molar-refractivity contribution in [1.82, 2.24) is 14.3 Å². The number of amides is 2. The first-order valence-electron chi connectivity index (χ1n) is 9.82. The van der Waals surface area contributed by atoms with Gasteiger partial charge < -0.3 is 10.2 Å². The number of imidazole rings is 1. The largest absolute Gasteiger partial charge is 0.337 e. The zero-order valence-corrected chi connectivity index (χ0v) is 16.8. The first kappa shape index (κ1) is 18.7. The number of hydrogen-bond donors (Lipinski definition) is 1. The summed E-state index contributed by atoms with van der Waals surface area (Å²) < 4.78 is 1.90. The Balaban J connectivity index is 1.54. The minimum Gasteiger partial charge on any atom is -0.337 e. The second-order valence-electron chi connectivity index (χ2n) is 7.13. The lowest BCUT2D eigenvalue weighted by atomic mass is 10.1. The van der Waals surface area contributed by atoms with Crippen molar-refractivity contribution in [3.8, 4) is 11.3 Å². The highest BCUT2D eigenvalue weighted by molar-refractivity contribution is 7.15. The molecule has 2 aromatic heterocycles. The molecule has 1 N–H and O–H groups in total. The highest BCUT2D eigenvalue weighted by Crippen LogP contribution is 2.26. The Hall–Kier alpha value is -2.67. The summed E-state index contributed by atoms with van der Waals surface area (Å²) in [6.07, 6.45) is 6.63. The molecule has 1 aromatic carbocycles. The number of piperidine rings is 1. The van der Waals surface area contributed by atoms with Crippen LogP contribution in [-0.2, 0) is 4.79 Å². The molecule has 2 amide bonds. The number of hydrogen-bond acceptors (Lipinski definition) is 4. The molecule has 4 rings (SSSR count). The van der Waals surface area contributed by atoms with E-state index < -0.39 is 0 Å². The van der Waals surface area contributed by atoms with Gasteiger partial charge in [-0.2, -0.15) is 0 Å². The van der Waals surface area contributed by atoms with Crippen molar-refractivity contribution in [2.45, 2.75) is 39.0 Å². The van der Waals surface area contributed by atoms with E-state index in [1.54, 1.807) is 0 Å². The van der Waals surface area contributed by atoms with Crippen LogP contribution in [0.25, 0.3) is 16.2 Å². The lowest BCUT2D eigenvalue weighted by Crippen LogP contribution is -2.36. The Bertz CT molecular complexity index is 984. The summed E-state index contributed by atoms with van der Waals surface area (Å²) in [5.41, 5.74) is 3.25. The van der Waals surface area contributed by atoms with Crippen LogP contribution in [0, 0.1) is 0 Å². The molecule has 3 aromatic rings. The SMILES string of the molecule is CCCC(=O)Nc1ccc(-c2cn3c(C(=O)N4CCCCC4)csc3n2)cc1. The standard InChI is InChI=1S/C21H24N4O2S/c1-2-6-19(26)22-16-9-7-15(8-10-16)17-13-25-18(14-28-21(25)23-17)20(27)24-11-4-3-5-12-24/h7-10,13-14H,2-6,11-12H2,1H3,(H,22,26). The fraction of sp³-hybridized carbons (Fsp3) is 0.381. The van der Waals surface area contributed by atoms with Crippen LogP contribution in [0.1, 0.15) is 49.5 Å². The molecule has 0 saturated carbocycles. The number of anilines is 1. The van der Waals surface area contributed by atoms with Crippen molar-refractivity contribution >= 4 is 33.8 Å². The molecule has 0 atom stereocenters. The number of benzene rings is 1. The molecule has 146 valence electrons. The predicted molar refractivity (Wildman–Crippen MR) is 112 cm³/mol. The molecular weight excluding hydrogens is 372 g/mol. The van der Waals surface area contributed by atoms with Crippen LogP contribution in [0.15, 0.2) is 35.8 Å². The molecule has 0 unspecified atom stereocenters. The minimum absolute atomic E-state index is 0.0265. The number of fused-ring (bicyclic) bond motifs is 1. The molecule has 0 radical (unpaired) electrons. The van der Waals surface area contributed by atoms with E-state index in [-0.39, 0.29) is 11.8 Å². The van der Waals surface area contributed by atoms with Crippen molar-refractivity contribution in [2.24, 2.45) is 0 Å². The summed E-state index contributed by atoms with van der Waals surface area (Å²) in [6, 6.07) is 7.66. The molecular formula is C21H24N4O2S. The Morgan fingerprint density at radius 1 is 1.14 bits per heavy atom. The molecule has 28 heavy (non-hydrogen) atoms. The van der Waals surface area contributed by atoms with Gasteiger partial charge in [0.05, 0.1) is 5.69 Å². The third-order valence-electron chi connectivity index (χ3n) is 5.01. The fourth-order valence-corrected chi connectivity index (χ4v) is 4.36. The maximum absolute atomic E-state index is 12.9. The van der Waals surface area contributed by atoms with E-state index in [0.29, 0.717) is 12.1 Å². The van der Waals surface area contributed by atoms with Crippen LogP contribution in [0.3, 0.4) is 0 Å². The average Bonchev–Trinajstić information content (AvgIpc) is 3.30. The van der Waals surface area contributed by atoms with Crippen LogP contribution in [-0.4, -0.2) is 39.2 Å². The summed E-state index contributed by atoms with van der Waals surface area (Å²) in [7, 11) is 0. The van der Waals surface area contributed by atoms with Gasteiger partial charge >= 0.3 is 0 Å². The number of aromatic nitrogens is 2. The van der Waals surface area contributed by atoms with E-state index >= 15 is 0 Å². The monoisotopic (exact) mass is 396 g/mol. The van der Waals surface area contributed by atoms with Crippen LogP contribution in [0.4, 0.5) is 5.69 Å². The summed E-state index contributed by atoms with van der Waals surface area (Å²) in [5, 5.41) is 4.79. The lowest BCUT2D eigenvalue weighted by Gasteiger charge is -2.26. The third-order valence-corrected chi connectivity index (χ3v) is 5.85. The van der Waals surface area contributed by atoms with Gasteiger partial charge in [0, 0.05) is 42.3 Å². The number of carbonyl (C=O) groups is 2. The van der Waals surface area contributed by atoms with Gasteiger partial charge in [0.2, 0.25) is 5.91 Å². The molecule has 0 aliphatic carbocycles. The maximum Gasteiger partial charge on any atom is 0.271 e. The smallest absolute Gasteiger partial charge is 0.271 e. The van der Waals surface area contributed by atoms with Crippen LogP contribution >= 0.6 is 11.3 Å². The van der Waals surface area contributed by atoms with Gasteiger partial charge in [0.25, 0.3) is 5.91 Å². The Labute approximate surface area is 168 Å². The van der Waals surface area contributed by atoms with E-state index in [4.69, 9.17) is 0 Å². The average molecular weight is 397 g/mol. The summed E-state index contributed by atoms with van der Waals surface area (Å²) >= 11 is 1.49. The topological polar surface area (TPSA) is 66.7 Å². The minimum atomic E-state index is 0.0265.